The molecular formula is C14H33N5. The van der Waals surface area contributed by atoms with Crippen LogP contribution in [-0.4, -0.2) is 57.3 Å². The summed E-state index contributed by atoms with van der Waals surface area (Å²) in [5, 5.41) is 3.29. The maximum absolute atomic E-state index is 5.58. The Hall–Kier alpha value is -0.200. The first-order valence-corrected chi connectivity index (χ1v) is 7.83. The minimum absolute atomic E-state index is 0.766. The highest BCUT2D eigenvalue weighted by Crippen LogP contribution is 2.27. The molecule has 2 atom stereocenters. The largest absolute Gasteiger partial charge is 0.330 e. The van der Waals surface area contributed by atoms with E-state index in [9.17, 15) is 0 Å². The average Bonchev–Trinajstić information content (AvgIpc) is 2.49. The summed E-state index contributed by atoms with van der Waals surface area (Å²) in [6, 6.07) is 0. The van der Waals surface area contributed by atoms with Gasteiger partial charge in [0.2, 0.25) is 0 Å². The number of hydrogen-bond acceptors (Lipinski definition) is 5. The quantitative estimate of drug-likeness (QED) is 0.556. The minimum Gasteiger partial charge on any atom is -0.330 e. The second-order valence-corrected chi connectivity index (χ2v) is 5.75. The molecule has 0 aromatic heterocycles. The molecule has 114 valence electrons. The molecule has 2 aliphatic rings. The number of piperazine rings is 1. The molecule has 19 heavy (non-hydrogen) atoms. The Morgan fingerprint density at radius 3 is 2.00 bits per heavy atom. The van der Waals surface area contributed by atoms with Crippen molar-refractivity contribution in [2.45, 2.75) is 25.7 Å². The van der Waals surface area contributed by atoms with E-state index in [2.05, 4.69) is 10.2 Å². The van der Waals surface area contributed by atoms with E-state index in [0.717, 1.165) is 64.2 Å². The van der Waals surface area contributed by atoms with Gasteiger partial charge < -0.3 is 22.5 Å². The fraction of sp³-hybridized carbons (Fsp3) is 1.00. The fourth-order valence-corrected chi connectivity index (χ4v) is 2.95. The highest BCUT2D eigenvalue weighted by atomic mass is 15.2. The third kappa shape index (κ3) is 7.22. The summed E-state index contributed by atoms with van der Waals surface area (Å²) in [5.74, 6) is 1.53. The molecule has 5 nitrogen and oxygen atoms in total. The van der Waals surface area contributed by atoms with Crippen LogP contribution in [0.2, 0.25) is 0 Å². The van der Waals surface area contributed by atoms with E-state index in [1.54, 1.807) is 0 Å². The Labute approximate surface area is 118 Å². The van der Waals surface area contributed by atoms with Gasteiger partial charge in [0.05, 0.1) is 0 Å². The zero-order valence-corrected chi connectivity index (χ0v) is 12.3. The molecule has 0 bridgehead atoms. The van der Waals surface area contributed by atoms with Gasteiger partial charge in [0.15, 0.2) is 0 Å². The van der Waals surface area contributed by atoms with E-state index in [0.29, 0.717) is 0 Å². The van der Waals surface area contributed by atoms with Crippen molar-refractivity contribution in [1.82, 2.24) is 10.2 Å². The van der Waals surface area contributed by atoms with Crippen LogP contribution in [0.3, 0.4) is 0 Å². The van der Waals surface area contributed by atoms with Gasteiger partial charge in [-0.15, -0.1) is 0 Å². The number of nitrogens with one attached hydrogen (secondary N) is 1. The molecule has 5 heteroatoms. The lowest BCUT2D eigenvalue weighted by Crippen LogP contribution is -2.45. The molecule has 7 N–H and O–H groups in total. The second-order valence-electron chi connectivity index (χ2n) is 5.75. The smallest absolute Gasteiger partial charge is 0.0108 e. The van der Waals surface area contributed by atoms with E-state index in [1.165, 1.54) is 25.7 Å². The summed E-state index contributed by atoms with van der Waals surface area (Å²) >= 11 is 0. The van der Waals surface area contributed by atoms with Crippen molar-refractivity contribution in [2.75, 3.05) is 52.4 Å². The lowest BCUT2D eigenvalue weighted by Gasteiger charge is -2.26. The Kier molecular flexibility index (Phi) is 9.38. The summed E-state index contributed by atoms with van der Waals surface area (Å²) in [6.45, 7) is 8.14. The first-order chi connectivity index (χ1) is 9.30. The number of nitrogens with two attached hydrogens (primary N) is 3. The zero-order chi connectivity index (χ0) is 13.9. The van der Waals surface area contributed by atoms with Gasteiger partial charge in [0, 0.05) is 39.3 Å². The molecule has 2 fully saturated rings. The van der Waals surface area contributed by atoms with Gasteiger partial charge in [-0.25, -0.2) is 0 Å². The van der Waals surface area contributed by atoms with Crippen molar-refractivity contribution in [3.63, 3.8) is 0 Å². The van der Waals surface area contributed by atoms with Crippen LogP contribution in [0.4, 0.5) is 0 Å². The van der Waals surface area contributed by atoms with E-state index in [1.807, 2.05) is 0 Å². The van der Waals surface area contributed by atoms with Crippen molar-refractivity contribution < 1.29 is 0 Å². The molecule has 0 aromatic rings. The van der Waals surface area contributed by atoms with Crippen LogP contribution in [0.1, 0.15) is 25.7 Å². The van der Waals surface area contributed by atoms with Crippen LogP contribution in [0.25, 0.3) is 0 Å². The molecule has 1 aliphatic heterocycles. The van der Waals surface area contributed by atoms with E-state index >= 15 is 0 Å². The van der Waals surface area contributed by atoms with Gasteiger partial charge in [-0.2, -0.15) is 0 Å². The van der Waals surface area contributed by atoms with E-state index < -0.39 is 0 Å². The molecule has 0 spiro atoms. The summed E-state index contributed by atoms with van der Waals surface area (Å²) < 4.78 is 0. The van der Waals surface area contributed by atoms with Crippen molar-refractivity contribution in [3.8, 4) is 0 Å². The summed E-state index contributed by atoms with van der Waals surface area (Å²) in [6.07, 6.45) is 5.26. The predicted octanol–water partition coefficient (Wildman–Crippen LogP) is -0.439. The van der Waals surface area contributed by atoms with Gasteiger partial charge in [0.25, 0.3) is 0 Å². The van der Waals surface area contributed by atoms with Crippen LogP contribution in [0, 0.1) is 11.8 Å². The lowest BCUT2D eigenvalue weighted by atomic mass is 9.81. The molecule has 2 unspecified atom stereocenters. The van der Waals surface area contributed by atoms with Crippen LogP contribution < -0.4 is 22.5 Å². The van der Waals surface area contributed by atoms with Gasteiger partial charge in [-0.3, -0.25) is 4.90 Å². The fourth-order valence-electron chi connectivity index (χ4n) is 2.95. The highest BCUT2D eigenvalue weighted by Gasteiger charge is 2.19. The topological polar surface area (TPSA) is 93.3 Å². The number of hydrogen-bond donors (Lipinski definition) is 4. The molecule has 2 rings (SSSR count). The van der Waals surface area contributed by atoms with Crippen LogP contribution in [0.5, 0.6) is 0 Å². The molecular weight excluding hydrogens is 238 g/mol. The summed E-state index contributed by atoms with van der Waals surface area (Å²) in [5.41, 5.74) is 16.6. The minimum atomic E-state index is 0.766. The average molecular weight is 271 g/mol. The van der Waals surface area contributed by atoms with Crippen LogP contribution in [-0.2, 0) is 0 Å². The number of nitrogens with zero attached hydrogens (tertiary/aromatic N) is 1. The normalized spacial score (nSPS) is 28.6. The SMILES string of the molecule is NCC1CCCC(CN)C1.NCCN1CCNCC1. The van der Waals surface area contributed by atoms with Crippen LogP contribution in [0.15, 0.2) is 0 Å². The Morgan fingerprint density at radius 1 is 0.947 bits per heavy atom. The second kappa shape index (κ2) is 10.6. The third-order valence-corrected chi connectivity index (χ3v) is 4.21. The number of rotatable bonds is 4. The highest BCUT2D eigenvalue weighted by molar-refractivity contribution is 4.73. The standard InChI is InChI=1S/C8H18N2.C6H15N3/c9-5-7-2-1-3-8(4-7)6-10;7-1-4-9-5-2-8-3-6-9/h7-8H,1-6,9-10H2;8H,1-7H2. The van der Waals surface area contributed by atoms with E-state index in [-0.39, 0.29) is 0 Å². The first-order valence-electron chi connectivity index (χ1n) is 7.83. The molecule has 1 saturated heterocycles. The third-order valence-electron chi connectivity index (χ3n) is 4.21. The molecule has 1 aliphatic carbocycles. The Morgan fingerprint density at radius 2 is 1.53 bits per heavy atom. The zero-order valence-electron chi connectivity index (χ0n) is 12.3. The van der Waals surface area contributed by atoms with Crippen molar-refractivity contribution in [1.29, 1.82) is 0 Å². The maximum Gasteiger partial charge on any atom is 0.0108 e. The van der Waals surface area contributed by atoms with Gasteiger partial charge in [0.1, 0.15) is 0 Å². The molecule has 1 saturated carbocycles. The van der Waals surface area contributed by atoms with E-state index in [4.69, 9.17) is 17.2 Å². The van der Waals surface area contributed by atoms with Crippen LogP contribution >= 0.6 is 0 Å². The Bertz CT molecular complexity index is 193. The van der Waals surface area contributed by atoms with Crippen molar-refractivity contribution in [3.05, 3.63) is 0 Å². The molecule has 0 aromatic carbocycles. The van der Waals surface area contributed by atoms with Crippen molar-refractivity contribution >= 4 is 0 Å². The van der Waals surface area contributed by atoms with Gasteiger partial charge in [-0.1, -0.05) is 6.42 Å². The van der Waals surface area contributed by atoms with Gasteiger partial charge >= 0.3 is 0 Å². The first kappa shape index (κ1) is 16.9. The lowest BCUT2D eigenvalue weighted by molar-refractivity contribution is 0.247. The summed E-state index contributed by atoms with van der Waals surface area (Å²) in [7, 11) is 0. The Balaban J connectivity index is 0.000000191. The summed E-state index contributed by atoms with van der Waals surface area (Å²) in [4.78, 5) is 2.39. The molecule has 0 amide bonds. The predicted molar refractivity (Wildman–Crippen MR) is 81.9 cm³/mol. The maximum atomic E-state index is 5.58. The molecule has 0 radical (unpaired) electrons. The van der Waals surface area contributed by atoms with Crippen molar-refractivity contribution in [2.24, 2.45) is 29.0 Å². The monoisotopic (exact) mass is 271 g/mol. The van der Waals surface area contributed by atoms with Gasteiger partial charge in [-0.05, 0) is 44.2 Å². The molecule has 1 heterocycles.